The summed E-state index contributed by atoms with van der Waals surface area (Å²) >= 11 is 0. The second-order valence-electron chi connectivity index (χ2n) is 5.71. The molecule has 1 rings (SSSR count). The summed E-state index contributed by atoms with van der Waals surface area (Å²) in [5.41, 5.74) is -0.663. The molecule has 0 bridgehead atoms. The van der Waals surface area contributed by atoms with Gasteiger partial charge in [-0.05, 0) is 39.7 Å². The van der Waals surface area contributed by atoms with Crippen molar-refractivity contribution in [3.05, 3.63) is 0 Å². The third-order valence-electron chi connectivity index (χ3n) is 3.57. The Morgan fingerprint density at radius 2 is 2.00 bits per heavy atom. The maximum absolute atomic E-state index is 11.8. The van der Waals surface area contributed by atoms with E-state index in [0.29, 0.717) is 6.42 Å². The van der Waals surface area contributed by atoms with Crippen LogP contribution in [0.3, 0.4) is 0 Å². The molecule has 1 fully saturated rings. The molecule has 0 atom stereocenters. The molecule has 4 nitrogen and oxygen atoms in total. The predicted octanol–water partition coefficient (Wildman–Crippen LogP) is 1.73. The molecule has 18 heavy (non-hydrogen) atoms. The van der Waals surface area contributed by atoms with E-state index in [1.807, 2.05) is 20.9 Å². The molecule has 0 N–H and O–H groups in total. The van der Waals surface area contributed by atoms with Gasteiger partial charge in [-0.15, -0.1) is 0 Å². The van der Waals surface area contributed by atoms with Crippen LogP contribution in [0.2, 0.25) is 0 Å². The molecule has 0 aromatic carbocycles. The first kappa shape index (κ1) is 15.6. The van der Waals surface area contributed by atoms with Gasteiger partial charge in [0.15, 0.2) is 5.78 Å². The zero-order valence-corrected chi connectivity index (χ0v) is 12.2. The van der Waals surface area contributed by atoms with Gasteiger partial charge in [0.1, 0.15) is 5.60 Å². The van der Waals surface area contributed by atoms with Gasteiger partial charge in [0, 0.05) is 33.2 Å². The van der Waals surface area contributed by atoms with Crippen LogP contribution in [0, 0.1) is 5.92 Å². The van der Waals surface area contributed by atoms with Crippen LogP contribution >= 0.6 is 0 Å². The number of ether oxygens (including phenoxy) is 2. The van der Waals surface area contributed by atoms with E-state index in [9.17, 15) is 4.79 Å². The number of ketones is 1. The van der Waals surface area contributed by atoms with Gasteiger partial charge >= 0.3 is 0 Å². The minimum absolute atomic E-state index is 0.149. The van der Waals surface area contributed by atoms with Crippen molar-refractivity contribution >= 4 is 5.78 Å². The average molecular weight is 257 g/mol. The fraction of sp³-hybridized carbons (Fsp3) is 0.929. The number of Topliss-reactive ketones (excluding diaryl/α,β-unsaturated/α-hetero) is 1. The van der Waals surface area contributed by atoms with Crippen molar-refractivity contribution in [1.82, 2.24) is 4.90 Å². The summed E-state index contributed by atoms with van der Waals surface area (Å²) < 4.78 is 10.7. The SMILES string of the molecule is COC(C)(C)C(=O)CCN(C)CCOCC1CC1. The Morgan fingerprint density at radius 1 is 1.33 bits per heavy atom. The molecule has 0 aromatic rings. The number of carbonyl (C=O) groups excluding carboxylic acids is 1. The topological polar surface area (TPSA) is 38.8 Å². The fourth-order valence-electron chi connectivity index (χ4n) is 1.57. The van der Waals surface area contributed by atoms with E-state index in [1.54, 1.807) is 7.11 Å². The van der Waals surface area contributed by atoms with E-state index in [2.05, 4.69) is 4.90 Å². The van der Waals surface area contributed by atoms with Gasteiger partial charge in [0.2, 0.25) is 0 Å². The van der Waals surface area contributed by atoms with Crippen molar-refractivity contribution in [2.75, 3.05) is 40.5 Å². The van der Waals surface area contributed by atoms with Crippen LogP contribution in [0.15, 0.2) is 0 Å². The quantitative estimate of drug-likeness (QED) is 0.559. The molecular weight excluding hydrogens is 230 g/mol. The zero-order valence-electron chi connectivity index (χ0n) is 12.2. The summed E-state index contributed by atoms with van der Waals surface area (Å²) in [5.74, 6) is 0.968. The third kappa shape index (κ3) is 5.94. The summed E-state index contributed by atoms with van der Waals surface area (Å²) in [5, 5.41) is 0. The minimum Gasteiger partial charge on any atom is -0.380 e. The largest absolute Gasteiger partial charge is 0.380 e. The normalized spacial score (nSPS) is 16.3. The minimum atomic E-state index is -0.663. The highest BCUT2D eigenvalue weighted by Gasteiger charge is 2.26. The monoisotopic (exact) mass is 257 g/mol. The first-order chi connectivity index (χ1) is 8.45. The lowest BCUT2D eigenvalue weighted by molar-refractivity contribution is -0.137. The number of nitrogens with zero attached hydrogens (tertiary/aromatic N) is 1. The van der Waals surface area contributed by atoms with Gasteiger partial charge in [-0.1, -0.05) is 0 Å². The molecule has 1 aliphatic rings. The summed E-state index contributed by atoms with van der Waals surface area (Å²) in [4.78, 5) is 14.0. The van der Waals surface area contributed by atoms with Crippen LogP contribution in [0.4, 0.5) is 0 Å². The summed E-state index contributed by atoms with van der Waals surface area (Å²) in [6, 6.07) is 0. The Hall–Kier alpha value is -0.450. The molecule has 106 valence electrons. The first-order valence-corrected chi connectivity index (χ1v) is 6.80. The Kier molecular flexibility index (Phi) is 6.26. The Labute approximate surface area is 111 Å². The van der Waals surface area contributed by atoms with Gasteiger partial charge in [0.05, 0.1) is 6.61 Å². The summed E-state index contributed by atoms with van der Waals surface area (Å²) in [6.07, 6.45) is 3.19. The molecular formula is C14H27NO3. The molecule has 1 aliphatic carbocycles. The lowest BCUT2D eigenvalue weighted by atomic mass is 10.0. The summed E-state index contributed by atoms with van der Waals surface area (Å²) in [6.45, 7) is 6.94. The molecule has 0 heterocycles. The molecule has 0 spiro atoms. The highest BCUT2D eigenvalue weighted by atomic mass is 16.5. The number of likely N-dealkylation sites (N-methyl/N-ethyl adjacent to an activating group) is 1. The van der Waals surface area contributed by atoms with E-state index in [0.717, 1.165) is 32.2 Å². The van der Waals surface area contributed by atoms with Crippen LogP contribution in [0.1, 0.15) is 33.1 Å². The van der Waals surface area contributed by atoms with Crippen LogP contribution in [-0.2, 0) is 14.3 Å². The van der Waals surface area contributed by atoms with E-state index >= 15 is 0 Å². The maximum atomic E-state index is 11.8. The zero-order chi connectivity index (χ0) is 13.6. The molecule has 0 aromatic heterocycles. The molecule has 0 aliphatic heterocycles. The lowest BCUT2D eigenvalue weighted by Crippen LogP contribution is -2.36. The van der Waals surface area contributed by atoms with Gasteiger partial charge in [0.25, 0.3) is 0 Å². The number of hydrogen-bond donors (Lipinski definition) is 0. The number of hydrogen-bond acceptors (Lipinski definition) is 4. The van der Waals surface area contributed by atoms with Gasteiger partial charge in [-0.25, -0.2) is 0 Å². The van der Waals surface area contributed by atoms with Crippen LogP contribution in [-0.4, -0.2) is 56.7 Å². The Bertz CT molecular complexity index is 262. The highest BCUT2D eigenvalue weighted by Crippen LogP contribution is 2.28. The lowest BCUT2D eigenvalue weighted by Gasteiger charge is -2.23. The Balaban J connectivity index is 2.04. The van der Waals surface area contributed by atoms with E-state index in [-0.39, 0.29) is 5.78 Å². The average Bonchev–Trinajstić information content (AvgIpc) is 3.15. The molecule has 0 unspecified atom stereocenters. The van der Waals surface area contributed by atoms with Crippen molar-refractivity contribution in [3.63, 3.8) is 0 Å². The fourth-order valence-corrected chi connectivity index (χ4v) is 1.57. The summed E-state index contributed by atoms with van der Waals surface area (Å²) in [7, 11) is 3.60. The first-order valence-electron chi connectivity index (χ1n) is 6.80. The van der Waals surface area contributed by atoms with E-state index in [4.69, 9.17) is 9.47 Å². The smallest absolute Gasteiger partial charge is 0.165 e. The van der Waals surface area contributed by atoms with E-state index in [1.165, 1.54) is 12.8 Å². The van der Waals surface area contributed by atoms with Crippen molar-refractivity contribution in [3.8, 4) is 0 Å². The maximum Gasteiger partial charge on any atom is 0.165 e. The number of rotatable bonds is 10. The van der Waals surface area contributed by atoms with E-state index < -0.39 is 5.60 Å². The van der Waals surface area contributed by atoms with Crippen LogP contribution in [0.25, 0.3) is 0 Å². The second kappa shape index (κ2) is 7.22. The number of carbonyl (C=O) groups is 1. The van der Waals surface area contributed by atoms with Crippen molar-refractivity contribution < 1.29 is 14.3 Å². The van der Waals surface area contributed by atoms with Gasteiger partial charge in [-0.3, -0.25) is 4.79 Å². The predicted molar refractivity (Wildman–Crippen MR) is 71.8 cm³/mol. The van der Waals surface area contributed by atoms with Crippen LogP contribution in [0.5, 0.6) is 0 Å². The Morgan fingerprint density at radius 3 is 2.56 bits per heavy atom. The van der Waals surface area contributed by atoms with Crippen molar-refractivity contribution in [2.45, 2.75) is 38.7 Å². The second-order valence-corrected chi connectivity index (χ2v) is 5.71. The molecule has 0 radical (unpaired) electrons. The molecule has 0 amide bonds. The number of methoxy groups -OCH3 is 1. The highest BCUT2D eigenvalue weighted by molar-refractivity contribution is 5.86. The van der Waals surface area contributed by atoms with Crippen LogP contribution < -0.4 is 0 Å². The standard InChI is InChI=1S/C14H27NO3/c1-14(2,17-4)13(16)7-8-15(3)9-10-18-11-12-5-6-12/h12H,5-11H2,1-4H3. The van der Waals surface area contributed by atoms with Gasteiger partial charge in [-0.2, -0.15) is 0 Å². The van der Waals surface area contributed by atoms with Crippen molar-refractivity contribution in [2.24, 2.45) is 5.92 Å². The van der Waals surface area contributed by atoms with Crippen molar-refractivity contribution in [1.29, 1.82) is 0 Å². The molecule has 1 saturated carbocycles. The molecule has 4 heteroatoms. The van der Waals surface area contributed by atoms with Gasteiger partial charge < -0.3 is 14.4 Å². The third-order valence-corrected chi connectivity index (χ3v) is 3.57. The molecule has 0 saturated heterocycles.